The molecule has 7 nitrogen and oxygen atoms in total. The van der Waals surface area contributed by atoms with E-state index in [2.05, 4.69) is 33.5 Å². The Kier molecular flexibility index (Phi) is 5.45. The lowest BCUT2D eigenvalue weighted by atomic mass is 9.98. The van der Waals surface area contributed by atoms with Gasteiger partial charge in [-0.2, -0.15) is 0 Å². The predicted octanol–water partition coefficient (Wildman–Crippen LogP) is 3.37. The van der Waals surface area contributed by atoms with Crippen molar-refractivity contribution in [2.24, 2.45) is 0 Å². The van der Waals surface area contributed by atoms with Gasteiger partial charge in [-0.15, -0.1) is 11.3 Å². The number of amides is 2. The number of benzene rings is 1. The fourth-order valence-electron chi connectivity index (χ4n) is 4.19. The third kappa shape index (κ3) is 3.78. The van der Waals surface area contributed by atoms with Gasteiger partial charge < -0.3 is 9.80 Å². The van der Waals surface area contributed by atoms with Crippen molar-refractivity contribution in [1.29, 1.82) is 0 Å². The molecule has 1 aliphatic heterocycles. The van der Waals surface area contributed by atoms with Crippen LogP contribution in [-0.2, 0) is 11.2 Å². The third-order valence-corrected chi connectivity index (χ3v) is 6.76. The molecule has 3 aromatic heterocycles. The molecule has 32 heavy (non-hydrogen) atoms. The molecule has 0 bridgehead atoms. The topological polar surface area (TPSA) is 70.8 Å². The summed E-state index contributed by atoms with van der Waals surface area (Å²) in [4.78, 5) is 40.0. The van der Waals surface area contributed by atoms with Gasteiger partial charge in [-0.3, -0.25) is 14.0 Å². The van der Waals surface area contributed by atoms with Crippen molar-refractivity contribution in [3.63, 3.8) is 0 Å². The number of fused-ring (bicyclic) bond motifs is 1. The first-order chi connectivity index (χ1) is 15.6. The van der Waals surface area contributed by atoms with Crippen LogP contribution in [0.15, 0.2) is 66.4 Å². The predicted molar refractivity (Wildman–Crippen MR) is 124 cm³/mol. The molecule has 8 heteroatoms. The Morgan fingerprint density at radius 3 is 2.88 bits per heavy atom. The largest absolute Gasteiger partial charge is 0.339 e. The molecule has 1 fully saturated rings. The monoisotopic (exact) mass is 445 g/mol. The van der Waals surface area contributed by atoms with Crippen molar-refractivity contribution in [3.8, 4) is 10.4 Å². The van der Waals surface area contributed by atoms with Gasteiger partial charge in [0.05, 0.1) is 0 Å². The van der Waals surface area contributed by atoms with Gasteiger partial charge in [-0.1, -0.05) is 30.3 Å². The van der Waals surface area contributed by atoms with Gasteiger partial charge >= 0.3 is 0 Å². The van der Waals surface area contributed by atoms with Crippen LogP contribution in [0.5, 0.6) is 0 Å². The van der Waals surface area contributed by atoms with E-state index >= 15 is 0 Å². The van der Waals surface area contributed by atoms with Gasteiger partial charge in [-0.05, 0) is 35.6 Å². The molecule has 1 aromatic carbocycles. The molecule has 4 aromatic rings. The van der Waals surface area contributed by atoms with Crippen molar-refractivity contribution in [3.05, 3.63) is 77.7 Å². The molecular formula is C24H23N5O2S. The molecule has 4 heterocycles. The number of hydrogen-bond acceptors (Lipinski definition) is 5. The van der Waals surface area contributed by atoms with Crippen molar-refractivity contribution in [2.45, 2.75) is 19.4 Å². The molecule has 0 aliphatic carbocycles. The zero-order valence-electron chi connectivity index (χ0n) is 17.7. The van der Waals surface area contributed by atoms with Crippen LogP contribution in [0.2, 0.25) is 0 Å². The van der Waals surface area contributed by atoms with Crippen LogP contribution in [0.1, 0.15) is 23.0 Å². The number of thiophene rings is 1. The average molecular weight is 446 g/mol. The summed E-state index contributed by atoms with van der Waals surface area (Å²) in [6.45, 7) is 3.61. The second kappa shape index (κ2) is 8.55. The Bertz CT molecular complexity index is 1230. The molecule has 1 saturated heterocycles. The van der Waals surface area contributed by atoms with Gasteiger partial charge in [0.2, 0.25) is 11.7 Å². The standard InChI is InChI=1S/C24H23N5O2S/c1-2-27-11-12-29(22(30)19-16-28-10-5-9-25-24(28)26-19)20(23(27)31)15-17-6-3-7-18(14-17)21-8-4-13-32-21/h3-10,13-14,16,20H,2,11-12,15H2,1H3/t20-/m0/s1. The normalized spacial score (nSPS) is 16.7. The van der Waals surface area contributed by atoms with E-state index in [1.54, 1.807) is 45.3 Å². The quantitative estimate of drug-likeness (QED) is 0.472. The Morgan fingerprint density at radius 1 is 1.19 bits per heavy atom. The molecular weight excluding hydrogens is 422 g/mol. The van der Waals surface area contributed by atoms with Crippen LogP contribution < -0.4 is 0 Å². The van der Waals surface area contributed by atoms with E-state index in [0.29, 0.717) is 37.5 Å². The highest BCUT2D eigenvalue weighted by Crippen LogP contribution is 2.27. The number of carbonyl (C=O) groups is 2. The van der Waals surface area contributed by atoms with Gasteiger partial charge in [0.15, 0.2) is 0 Å². The Morgan fingerprint density at radius 2 is 2.09 bits per heavy atom. The summed E-state index contributed by atoms with van der Waals surface area (Å²) in [6, 6.07) is 13.6. The highest BCUT2D eigenvalue weighted by Gasteiger charge is 2.38. The summed E-state index contributed by atoms with van der Waals surface area (Å²) in [5.74, 6) is 0.212. The van der Waals surface area contributed by atoms with Crippen LogP contribution in [0.4, 0.5) is 0 Å². The number of likely N-dealkylation sites (N-methyl/N-ethyl adjacent to an activating group) is 1. The Hall–Kier alpha value is -3.52. The summed E-state index contributed by atoms with van der Waals surface area (Å²) in [6.07, 6.45) is 5.59. The van der Waals surface area contributed by atoms with Crippen LogP contribution in [0, 0.1) is 0 Å². The number of imidazole rings is 1. The lowest BCUT2D eigenvalue weighted by molar-refractivity contribution is -0.139. The first-order valence-corrected chi connectivity index (χ1v) is 11.5. The molecule has 1 atom stereocenters. The molecule has 2 amide bonds. The van der Waals surface area contributed by atoms with Crippen LogP contribution in [-0.4, -0.2) is 61.7 Å². The van der Waals surface area contributed by atoms with E-state index < -0.39 is 6.04 Å². The second-order valence-corrected chi connectivity index (χ2v) is 8.71. The number of carbonyl (C=O) groups excluding carboxylic acids is 2. The Labute approximate surface area is 189 Å². The smallest absolute Gasteiger partial charge is 0.274 e. The fraction of sp³-hybridized carbons (Fsp3) is 0.250. The number of hydrogen-bond donors (Lipinski definition) is 0. The number of rotatable bonds is 5. The summed E-state index contributed by atoms with van der Waals surface area (Å²) < 4.78 is 1.72. The fourth-order valence-corrected chi connectivity index (χ4v) is 4.91. The average Bonchev–Trinajstić information content (AvgIpc) is 3.50. The zero-order valence-corrected chi connectivity index (χ0v) is 18.5. The highest BCUT2D eigenvalue weighted by atomic mass is 32.1. The van der Waals surface area contributed by atoms with Gasteiger partial charge in [-0.25, -0.2) is 9.97 Å². The summed E-state index contributed by atoms with van der Waals surface area (Å²) >= 11 is 1.68. The minimum absolute atomic E-state index is 0.0180. The second-order valence-electron chi connectivity index (χ2n) is 7.77. The first-order valence-electron chi connectivity index (χ1n) is 10.7. The SMILES string of the molecule is CCN1CCN(C(=O)c2cn3cccnc3n2)[C@@H](Cc2cccc(-c3cccs3)c2)C1=O. The van der Waals surface area contributed by atoms with E-state index in [-0.39, 0.29) is 11.8 Å². The van der Waals surface area contributed by atoms with E-state index in [0.717, 1.165) is 11.1 Å². The maximum absolute atomic E-state index is 13.4. The van der Waals surface area contributed by atoms with Crippen LogP contribution >= 0.6 is 11.3 Å². The van der Waals surface area contributed by atoms with Crippen LogP contribution in [0.3, 0.4) is 0 Å². The molecule has 0 spiro atoms. The summed E-state index contributed by atoms with van der Waals surface area (Å²) in [5.41, 5.74) is 2.46. The number of nitrogens with zero attached hydrogens (tertiary/aromatic N) is 5. The Balaban J connectivity index is 1.46. The van der Waals surface area contributed by atoms with E-state index in [9.17, 15) is 9.59 Å². The number of aromatic nitrogens is 3. The van der Waals surface area contributed by atoms with Crippen molar-refractivity contribution < 1.29 is 9.59 Å². The molecule has 1 aliphatic rings. The summed E-state index contributed by atoms with van der Waals surface area (Å²) in [5, 5.41) is 2.05. The van der Waals surface area contributed by atoms with Gasteiger partial charge in [0, 0.05) is 49.5 Å². The lowest BCUT2D eigenvalue weighted by Crippen LogP contribution is -2.59. The van der Waals surface area contributed by atoms with Crippen molar-refractivity contribution in [1.82, 2.24) is 24.2 Å². The number of piperazine rings is 1. The molecule has 0 radical (unpaired) electrons. The van der Waals surface area contributed by atoms with E-state index in [4.69, 9.17) is 0 Å². The minimum Gasteiger partial charge on any atom is -0.339 e. The van der Waals surface area contributed by atoms with Crippen LogP contribution in [0.25, 0.3) is 16.2 Å². The molecule has 162 valence electrons. The van der Waals surface area contributed by atoms with E-state index in [1.807, 2.05) is 30.0 Å². The first kappa shape index (κ1) is 20.4. The molecule has 0 saturated carbocycles. The molecule has 0 unspecified atom stereocenters. The third-order valence-electron chi connectivity index (χ3n) is 5.84. The van der Waals surface area contributed by atoms with Crippen molar-refractivity contribution >= 4 is 28.9 Å². The maximum atomic E-state index is 13.4. The lowest BCUT2D eigenvalue weighted by Gasteiger charge is -2.40. The minimum atomic E-state index is -0.562. The van der Waals surface area contributed by atoms with Gasteiger partial charge in [0.1, 0.15) is 11.7 Å². The summed E-state index contributed by atoms with van der Waals surface area (Å²) in [7, 11) is 0. The zero-order chi connectivity index (χ0) is 22.1. The maximum Gasteiger partial charge on any atom is 0.274 e. The van der Waals surface area contributed by atoms with E-state index in [1.165, 1.54) is 4.88 Å². The molecule has 0 N–H and O–H groups in total. The van der Waals surface area contributed by atoms with Crippen molar-refractivity contribution in [2.75, 3.05) is 19.6 Å². The molecule has 5 rings (SSSR count). The highest BCUT2D eigenvalue weighted by molar-refractivity contribution is 7.13. The van der Waals surface area contributed by atoms with Gasteiger partial charge in [0.25, 0.3) is 5.91 Å².